The van der Waals surface area contributed by atoms with E-state index in [9.17, 15) is 9.59 Å². The van der Waals surface area contributed by atoms with E-state index in [0.717, 1.165) is 0 Å². The summed E-state index contributed by atoms with van der Waals surface area (Å²) in [6, 6.07) is 10.0. The smallest absolute Gasteiger partial charge is 0.411 e. The van der Waals surface area contributed by atoms with Gasteiger partial charge in [0.1, 0.15) is 12.1 Å². The van der Waals surface area contributed by atoms with Crippen molar-refractivity contribution >= 4 is 23.4 Å². The van der Waals surface area contributed by atoms with Crippen molar-refractivity contribution in [1.82, 2.24) is 14.5 Å². The lowest BCUT2D eigenvalue weighted by atomic mass is 10.2. The Morgan fingerprint density at radius 2 is 1.88 bits per heavy atom. The molecule has 1 aromatic carbocycles. The first-order chi connectivity index (χ1) is 12.2. The lowest BCUT2D eigenvalue weighted by molar-refractivity contribution is 0.102. The molecule has 0 fully saturated rings. The summed E-state index contributed by atoms with van der Waals surface area (Å²) in [6.45, 7) is 0. The van der Waals surface area contributed by atoms with Gasteiger partial charge in [-0.2, -0.15) is 0 Å². The van der Waals surface area contributed by atoms with E-state index >= 15 is 0 Å². The Labute approximate surface area is 143 Å². The van der Waals surface area contributed by atoms with Crippen LogP contribution >= 0.6 is 0 Å². The van der Waals surface area contributed by atoms with Crippen molar-refractivity contribution in [2.45, 2.75) is 0 Å². The number of carbonyl (C=O) groups is 2. The number of anilines is 2. The number of benzene rings is 1. The molecule has 0 bridgehead atoms. The van der Waals surface area contributed by atoms with E-state index in [1.54, 1.807) is 65.9 Å². The number of pyridine rings is 1. The molecule has 2 N–H and O–H groups in total. The van der Waals surface area contributed by atoms with Gasteiger partial charge in [-0.3, -0.25) is 14.7 Å². The van der Waals surface area contributed by atoms with E-state index in [1.807, 2.05) is 0 Å². The van der Waals surface area contributed by atoms with E-state index in [0.29, 0.717) is 22.8 Å². The van der Waals surface area contributed by atoms with E-state index in [1.165, 1.54) is 7.11 Å². The number of rotatable bonds is 4. The Kier molecular flexibility index (Phi) is 4.70. The number of hydrogen-bond acceptors (Lipinski definition) is 5. The normalized spacial score (nSPS) is 10.1. The zero-order valence-corrected chi connectivity index (χ0v) is 13.3. The van der Waals surface area contributed by atoms with Crippen LogP contribution in [-0.2, 0) is 4.74 Å². The Bertz CT molecular complexity index is 893. The molecule has 0 saturated heterocycles. The van der Waals surface area contributed by atoms with Crippen molar-refractivity contribution in [3.8, 4) is 5.82 Å². The van der Waals surface area contributed by atoms with E-state index in [4.69, 9.17) is 0 Å². The second-order valence-electron chi connectivity index (χ2n) is 5.02. The van der Waals surface area contributed by atoms with Crippen LogP contribution in [0, 0.1) is 0 Å². The molecule has 0 aliphatic carbocycles. The Hall–Kier alpha value is -3.68. The molecule has 3 aromatic rings. The SMILES string of the molecule is COC(=O)Nc1cccc(NC(=O)c2ccnc(-n3ccnc3)c2)c1. The third kappa shape index (κ3) is 3.99. The average Bonchev–Trinajstić information content (AvgIpc) is 3.17. The molecule has 0 saturated carbocycles. The highest BCUT2D eigenvalue weighted by Crippen LogP contribution is 2.17. The topological polar surface area (TPSA) is 98.1 Å². The number of hydrogen-bond donors (Lipinski definition) is 2. The molecule has 0 radical (unpaired) electrons. The Morgan fingerprint density at radius 3 is 2.60 bits per heavy atom. The highest BCUT2D eigenvalue weighted by molar-refractivity contribution is 6.04. The van der Waals surface area contributed by atoms with E-state index in [2.05, 4.69) is 25.3 Å². The number of amides is 2. The molecule has 2 heterocycles. The first-order valence-corrected chi connectivity index (χ1v) is 7.36. The van der Waals surface area contributed by atoms with Crippen LogP contribution in [0.3, 0.4) is 0 Å². The summed E-state index contributed by atoms with van der Waals surface area (Å²) in [5, 5.41) is 5.32. The van der Waals surface area contributed by atoms with Crippen LogP contribution in [0.5, 0.6) is 0 Å². The number of aromatic nitrogens is 3. The fraction of sp³-hybridized carbons (Fsp3) is 0.0588. The van der Waals surface area contributed by atoms with Crippen molar-refractivity contribution in [3.05, 3.63) is 66.9 Å². The molecule has 126 valence electrons. The van der Waals surface area contributed by atoms with Gasteiger partial charge >= 0.3 is 6.09 Å². The number of imidazole rings is 1. The molecule has 8 nitrogen and oxygen atoms in total. The summed E-state index contributed by atoms with van der Waals surface area (Å²) in [5.74, 6) is 0.297. The van der Waals surface area contributed by atoms with Crippen LogP contribution in [0.4, 0.5) is 16.2 Å². The number of nitrogens with zero attached hydrogens (tertiary/aromatic N) is 3. The largest absolute Gasteiger partial charge is 0.453 e. The molecule has 25 heavy (non-hydrogen) atoms. The van der Waals surface area contributed by atoms with Gasteiger partial charge in [0.05, 0.1) is 7.11 Å². The van der Waals surface area contributed by atoms with Crippen molar-refractivity contribution < 1.29 is 14.3 Å². The molecule has 8 heteroatoms. The summed E-state index contributed by atoms with van der Waals surface area (Å²) in [7, 11) is 1.28. The molecular weight excluding hydrogens is 322 g/mol. The quantitative estimate of drug-likeness (QED) is 0.763. The maximum Gasteiger partial charge on any atom is 0.411 e. The summed E-state index contributed by atoms with van der Waals surface area (Å²) in [5.41, 5.74) is 1.50. The zero-order valence-electron chi connectivity index (χ0n) is 13.3. The van der Waals surface area contributed by atoms with Gasteiger partial charge in [0.2, 0.25) is 0 Å². The van der Waals surface area contributed by atoms with Gasteiger partial charge in [-0.15, -0.1) is 0 Å². The minimum Gasteiger partial charge on any atom is -0.453 e. The predicted molar refractivity (Wildman–Crippen MR) is 91.8 cm³/mol. The molecule has 0 atom stereocenters. The molecule has 2 amide bonds. The molecule has 0 aliphatic rings. The van der Waals surface area contributed by atoms with Gasteiger partial charge in [-0.05, 0) is 30.3 Å². The average molecular weight is 337 g/mol. The van der Waals surface area contributed by atoms with Gasteiger partial charge in [0.15, 0.2) is 0 Å². The summed E-state index contributed by atoms with van der Waals surface area (Å²) in [4.78, 5) is 31.9. The number of nitrogens with one attached hydrogen (secondary N) is 2. The second kappa shape index (κ2) is 7.26. The molecule has 0 unspecified atom stereocenters. The zero-order chi connectivity index (χ0) is 17.6. The lowest BCUT2D eigenvalue weighted by Gasteiger charge is -2.09. The van der Waals surface area contributed by atoms with Crippen molar-refractivity contribution in [2.75, 3.05) is 17.7 Å². The second-order valence-corrected chi connectivity index (χ2v) is 5.02. The van der Waals surface area contributed by atoms with Crippen LogP contribution in [0.15, 0.2) is 61.3 Å². The minimum absolute atomic E-state index is 0.293. The highest BCUT2D eigenvalue weighted by atomic mass is 16.5. The third-order valence-corrected chi connectivity index (χ3v) is 3.33. The first kappa shape index (κ1) is 16.2. The van der Waals surface area contributed by atoms with Crippen LogP contribution in [-0.4, -0.2) is 33.6 Å². The number of carbonyl (C=O) groups excluding carboxylic acids is 2. The molecule has 2 aromatic heterocycles. The van der Waals surface area contributed by atoms with Gasteiger partial charge in [0, 0.05) is 35.5 Å². The maximum atomic E-state index is 12.4. The van der Waals surface area contributed by atoms with Gasteiger partial charge in [-0.1, -0.05) is 6.07 Å². The Morgan fingerprint density at radius 1 is 1.08 bits per heavy atom. The van der Waals surface area contributed by atoms with Crippen molar-refractivity contribution in [3.63, 3.8) is 0 Å². The fourth-order valence-corrected chi connectivity index (χ4v) is 2.14. The lowest BCUT2D eigenvalue weighted by Crippen LogP contribution is -2.14. The fourth-order valence-electron chi connectivity index (χ4n) is 2.14. The molecule has 0 spiro atoms. The molecule has 3 rings (SSSR count). The van der Waals surface area contributed by atoms with Crippen molar-refractivity contribution in [1.29, 1.82) is 0 Å². The summed E-state index contributed by atoms with van der Waals surface area (Å²) in [6.07, 6.45) is 5.95. The summed E-state index contributed by atoms with van der Waals surface area (Å²) < 4.78 is 6.25. The third-order valence-electron chi connectivity index (χ3n) is 3.33. The van der Waals surface area contributed by atoms with Gasteiger partial charge < -0.3 is 10.1 Å². The molecular formula is C17H15N5O3. The van der Waals surface area contributed by atoms with Crippen LogP contribution in [0.2, 0.25) is 0 Å². The maximum absolute atomic E-state index is 12.4. The number of ether oxygens (including phenoxy) is 1. The van der Waals surface area contributed by atoms with Crippen molar-refractivity contribution in [2.24, 2.45) is 0 Å². The summed E-state index contributed by atoms with van der Waals surface area (Å²) >= 11 is 0. The van der Waals surface area contributed by atoms with E-state index in [-0.39, 0.29) is 5.91 Å². The highest BCUT2D eigenvalue weighted by Gasteiger charge is 2.09. The van der Waals surface area contributed by atoms with E-state index < -0.39 is 6.09 Å². The first-order valence-electron chi connectivity index (χ1n) is 7.36. The minimum atomic E-state index is -0.581. The van der Waals surface area contributed by atoms with Gasteiger partial charge in [0.25, 0.3) is 5.91 Å². The predicted octanol–water partition coefficient (Wildman–Crippen LogP) is 2.70. The molecule has 0 aliphatic heterocycles. The van der Waals surface area contributed by atoms with Gasteiger partial charge in [-0.25, -0.2) is 14.8 Å². The van der Waals surface area contributed by atoms with Crippen LogP contribution in [0.1, 0.15) is 10.4 Å². The van der Waals surface area contributed by atoms with Crippen LogP contribution < -0.4 is 10.6 Å². The number of methoxy groups -OCH3 is 1. The Balaban J connectivity index is 1.75. The monoisotopic (exact) mass is 337 g/mol. The standard InChI is InChI=1S/C17H15N5O3/c1-25-17(24)21-14-4-2-3-13(10-14)20-16(23)12-5-6-19-15(9-12)22-8-7-18-11-22/h2-11H,1H3,(H,20,23)(H,21,24). The van der Waals surface area contributed by atoms with Crippen LogP contribution in [0.25, 0.3) is 5.82 Å².